The monoisotopic (exact) mass is 471 g/mol. The van der Waals surface area contributed by atoms with E-state index in [9.17, 15) is 9.59 Å². The lowest BCUT2D eigenvalue weighted by Gasteiger charge is -2.12. The van der Waals surface area contributed by atoms with Crippen molar-refractivity contribution in [3.8, 4) is 11.3 Å². The number of rotatable bonds is 5. The Morgan fingerprint density at radius 2 is 1.33 bits per heavy atom. The minimum atomic E-state index is -0.233. The Morgan fingerprint density at radius 1 is 0.667 bits per heavy atom. The average Bonchev–Trinajstić information content (AvgIpc) is 2.90. The molecule has 2 amide bonds. The van der Waals surface area contributed by atoms with Crippen molar-refractivity contribution in [1.82, 2.24) is 4.98 Å². The summed E-state index contributed by atoms with van der Waals surface area (Å²) in [6.45, 7) is 4.03. The summed E-state index contributed by atoms with van der Waals surface area (Å²) in [6.07, 6.45) is 0. The summed E-state index contributed by atoms with van der Waals surface area (Å²) in [7, 11) is 0. The van der Waals surface area contributed by atoms with E-state index in [4.69, 9.17) is 4.98 Å². The van der Waals surface area contributed by atoms with Gasteiger partial charge >= 0.3 is 0 Å². The first-order chi connectivity index (χ1) is 17.5. The smallest absolute Gasteiger partial charge is 0.256 e. The van der Waals surface area contributed by atoms with Crippen LogP contribution in [0.2, 0.25) is 0 Å². The number of para-hydroxylation sites is 2. The first-order valence-electron chi connectivity index (χ1n) is 11.7. The van der Waals surface area contributed by atoms with Crippen LogP contribution < -0.4 is 10.6 Å². The minimum Gasteiger partial charge on any atom is -0.322 e. The van der Waals surface area contributed by atoms with Gasteiger partial charge in [0.25, 0.3) is 11.8 Å². The second-order valence-corrected chi connectivity index (χ2v) is 8.74. The number of pyridine rings is 1. The first-order valence-corrected chi connectivity index (χ1v) is 11.7. The summed E-state index contributed by atoms with van der Waals surface area (Å²) < 4.78 is 0. The highest BCUT2D eigenvalue weighted by Gasteiger charge is 2.16. The number of fused-ring (bicyclic) bond motifs is 1. The summed E-state index contributed by atoms with van der Waals surface area (Å²) in [6, 6.07) is 31.9. The molecular weight excluding hydrogens is 446 g/mol. The molecule has 0 aliphatic carbocycles. The molecule has 5 aromatic rings. The van der Waals surface area contributed by atoms with E-state index in [0.717, 1.165) is 39.0 Å². The fourth-order valence-corrected chi connectivity index (χ4v) is 4.08. The van der Waals surface area contributed by atoms with E-state index in [1.54, 1.807) is 24.3 Å². The van der Waals surface area contributed by atoms with Gasteiger partial charge in [-0.25, -0.2) is 4.98 Å². The third-order valence-electron chi connectivity index (χ3n) is 6.07. The van der Waals surface area contributed by atoms with Crippen LogP contribution in [0, 0.1) is 13.8 Å². The van der Waals surface area contributed by atoms with E-state index in [0.29, 0.717) is 16.8 Å². The molecule has 0 fully saturated rings. The molecule has 0 aliphatic rings. The number of benzene rings is 4. The summed E-state index contributed by atoms with van der Waals surface area (Å²) in [5, 5.41) is 6.63. The number of anilines is 2. The minimum absolute atomic E-state index is 0.211. The van der Waals surface area contributed by atoms with Crippen molar-refractivity contribution in [3.63, 3.8) is 0 Å². The predicted molar refractivity (Wildman–Crippen MR) is 145 cm³/mol. The second-order valence-electron chi connectivity index (χ2n) is 8.74. The Kier molecular flexibility index (Phi) is 6.29. The number of hydrogen-bond donors (Lipinski definition) is 2. The lowest BCUT2D eigenvalue weighted by atomic mass is 10.0. The Hall–Kier alpha value is -4.77. The topological polar surface area (TPSA) is 71.1 Å². The maximum atomic E-state index is 13.4. The molecule has 0 saturated heterocycles. The van der Waals surface area contributed by atoms with Crippen LogP contribution in [0.25, 0.3) is 22.2 Å². The molecule has 5 nitrogen and oxygen atoms in total. The molecule has 2 N–H and O–H groups in total. The Balaban J connectivity index is 1.42. The highest BCUT2D eigenvalue weighted by molar-refractivity contribution is 6.13. The normalized spacial score (nSPS) is 10.7. The lowest BCUT2D eigenvalue weighted by molar-refractivity contribution is 0.102. The molecule has 1 aromatic heterocycles. The second kappa shape index (κ2) is 9.84. The van der Waals surface area contributed by atoms with Crippen LogP contribution in [0.3, 0.4) is 0 Å². The molecule has 5 rings (SSSR count). The predicted octanol–water partition coefficient (Wildman–Crippen LogP) is 7.02. The summed E-state index contributed by atoms with van der Waals surface area (Å²) in [5.41, 5.74) is 7.04. The van der Waals surface area contributed by atoms with Crippen molar-refractivity contribution in [1.29, 1.82) is 0 Å². The van der Waals surface area contributed by atoms with Gasteiger partial charge in [-0.3, -0.25) is 9.59 Å². The molecule has 0 spiro atoms. The number of aromatic nitrogens is 1. The highest BCUT2D eigenvalue weighted by Crippen LogP contribution is 2.28. The Morgan fingerprint density at radius 3 is 2.06 bits per heavy atom. The van der Waals surface area contributed by atoms with Gasteiger partial charge in [-0.15, -0.1) is 0 Å². The van der Waals surface area contributed by atoms with E-state index < -0.39 is 0 Å². The van der Waals surface area contributed by atoms with Crippen LogP contribution in [0.1, 0.15) is 31.8 Å². The zero-order chi connectivity index (χ0) is 25.1. The molecule has 0 unspecified atom stereocenters. The van der Waals surface area contributed by atoms with Gasteiger partial charge in [0.2, 0.25) is 0 Å². The van der Waals surface area contributed by atoms with Crippen molar-refractivity contribution in [3.05, 3.63) is 125 Å². The van der Waals surface area contributed by atoms with Crippen molar-refractivity contribution in [2.45, 2.75) is 13.8 Å². The number of nitrogens with one attached hydrogen (secondary N) is 2. The molecule has 4 aromatic carbocycles. The number of nitrogens with zero attached hydrogens (tertiary/aromatic N) is 1. The van der Waals surface area contributed by atoms with E-state index in [1.165, 1.54) is 0 Å². The molecule has 5 heteroatoms. The standard InChI is InChI=1S/C31H25N3O2/c1-20-11-13-22(14-12-20)28-19-27(26-10-6-7-21(2)29(26)34-28)31(36)33-25-17-15-23(16-18-25)30(35)32-24-8-4-3-5-9-24/h3-19H,1-2H3,(H,32,35)(H,33,36). The van der Waals surface area contributed by atoms with E-state index in [-0.39, 0.29) is 11.8 Å². The summed E-state index contributed by atoms with van der Waals surface area (Å²) in [5.74, 6) is -0.444. The van der Waals surface area contributed by atoms with Gasteiger partial charge < -0.3 is 10.6 Å². The van der Waals surface area contributed by atoms with Crippen LogP contribution in [0.5, 0.6) is 0 Å². The fraction of sp³-hybridized carbons (Fsp3) is 0.0645. The first kappa shape index (κ1) is 23.0. The molecule has 36 heavy (non-hydrogen) atoms. The van der Waals surface area contributed by atoms with E-state index in [1.807, 2.05) is 92.7 Å². The van der Waals surface area contributed by atoms with Crippen LogP contribution in [0.4, 0.5) is 11.4 Å². The van der Waals surface area contributed by atoms with E-state index >= 15 is 0 Å². The van der Waals surface area contributed by atoms with Gasteiger partial charge in [0.15, 0.2) is 0 Å². The molecule has 1 heterocycles. The van der Waals surface area contributed by atoms with Gasteiger partial charge in [0, 0.05) is 27.9 Å². The van der Waals surface area contributed by atoms with Crippen LogP contribution in [-0.2, 0) is 0 Å². The third kappa shape index (κ3) is 4.86. The number of hydrogen-bond acceptors (Lipinski definition) is 3. The Bertz CT molecular complexity index is 1560. The average molecular weight is 472 g/mol. The molecular formula is C31H25N3O2. The quantitative estimate of drug-likeness (QED) is 0.289. The molecule has 176 valence electrons. The van der Waals surface area contributed by atoms with Crippen LogP contribution in [0.15, 0.2) is 103 Å². The number of amides is 2. The largest absolute Gasteiger partial charge is 0.322 e. The number of carbonyl (C=O) groups excluding carboxylic acids is 2. The Labute approximate surface area is 209 Å². The highest BCUT2D eigenvalue weighted by atomic mass is 16.2. The van der Waals surface area contributed by atoms with Crippen molar-refractivity contribution in [2.75, 3.05) is 10.6 Å². The van der Waals surface area contributed by atoms with Gasteiger partial charge in [0.05, 0.1) is 16.8 Å². The molecule has 0 bridgehead atoms. The zero-order valence-corrected chi connectivity index (χ0v) is 20.1. The van der Waals surface area contributed by atoms with Crippen LogP contribution in [-0.4, -0.2) is 16.8 Å². The van der Waals surface area contributed by atoms with E-state index in [2.05, 4.69) is 10.6 Å². The molecule has 0 atom stereocenters. The third-order valence-corrected chi connectivity index (χ3v) is 6.07. The fourth-order valence-electron chi connectivity index (χ4n) is 4.08. The number of aryl methyl sites for hydroxylation is 2. The number of carbonyl (C=O) groups is 2. The lowest BCUT2D eigenvalue weighted by Crippen LogP contribution is -2.14. The van der Waals surface area contributed by atoms with Crippen molar-refractivity contribution < 1.29 is 9.59 Å². The summed E-state index contributed by atoms with van der Waals surface area (Å²) in [4.78, 5) is 30.8. The summed E-state index contributed by atoms with van der Waals surface area (Å²) >= 11 is 0. The zero-order valence-electron chi connectivity index (χ0n) is 20.1. The maximum absolute atomic E-state index is 13.4. The van der Waals surface area contributed by atoms with Crippen molar-refractivity contribution >= 4 is 34.1 Å². The molecule has 0 radical (unpaired) electrons. The van der Waals surface area contributed by atoms with Crippen molar-refractivity contribution in [2.24, 2.45) is 0 Å². The molecule has 0 saturated carbocycles. The van der Waals surface area contributed by atoms with Gasteiger partial charge in [-0.1, -0.05) is 66.2 Å². The van der Waals surface area contributed by atoms with Gasteiger partial charge in [-0.2, -0.15) is 0 Å². The molecule has 0 aliphatic heterocycles. The van der Waals surface area contributed by atoms with Gasteiger partial charge in [-0.05, 0) is 61.9 Å². The van der Waals surface area contributed by atoms with Gasteiger partial charge in [0.1, 0.15) is 0 Å². The SMILES string of the molecule is Cc1ccc(-c2cc(C(=O)Nc3ccc(C(=O)Nc4ccccc4)cc3)c3cccc(C)c3n2)cc1. The van der Waals surface area contributed by atoms with Crippen LogP contribution >= 0.6 is 0 Å². The maximum Gasteiger partial charge on any atom is 0.256 e.